The Hall–Kier alpha value is -2.43. The van der Waals surface area contributed by atoms with Crippen molar-refractivity contribution in [3.8, 4) is 0 Å². The van der Waals surface area contributed by atoms with Gasteiger partial charge in [-0.2, -0.15) is 0 Å². The van der Waals surface area contributed by atoms with Crippen molar-refractivity contribution in [3.05, 3.63) is 63.8 Å². The van der Waals surface area contributed by atoms with Gasteiger partial charge in [0.15, 0.2) is 0 Å². The number of amides is 1. The highest BCUT2D eigenvalue weighted by molar-refractivity contribution is 6.04. The number of carbonyl (C=O) groups is 1. The predicted molar refractivity (Wildman–Crippen MR) is 66.2 cm³/mol. The van der Waals surface area contributed by atoms with Crippen LogP contribution in [0.15, 0.2) is 41.3 Å². The molecule has 2 rings (SSSR count). The molecule has 0 saturated carbocycles. The lowest BCUT2D eigenvalue weighted by Gasteiger charge is -2.08. The van der Waals surface area contributed by atoms with Crippen LogP contribution in [0.25, 0.3) is 0 Å². The highest BCUT2D eigenvalue weighted by Gasteiger charge is 2.08. The molecule has 1 aromatic carbocycles. The van der Waals surface area contributed by atoms with Gasteiger partial charge >= 0.3 is 0 Å². The summed E-state index contributed by atoms with van der Waals surface area (Å²) in [6.45, 7) is 1.69. The lowest BCUT2D eigenvalue weighted by atomic mass is 10.2. The topological polar surface area (TPSA) is 62.0 Å². The number of benzene rings is 1. The van der Waals surface area contributed by atoms with Gasteiger partial charge in [0.25, 0.3) is 5.91 Å². The molecule has 0 aliphatic rings. The number of aromatic nitrogens is 1. The van der Waals surface area contributed by atoms with Crippen LogP contribution in [0.1, 0.15) is 15.9 Å². The van der Waals surface area contributed by atoms with Crippen molar-refractivity contribution < 1.29 is 9.18 Å². The molecule has 18 heavy (non-hydrogen) atoms. The maximum absolute atomic E-state index is 12.9. The molecule has 0 aliphatic heterocycles. The molecule has 0 aliphatic carbocycles. The minimum Gasteiger partial charge on any atom is -0.329 e. The third-order valence-corrected chi connectivity index (χ3v) is 2.47. The van der Waals surface area contributed by atoms with Gasteiger partial charge in [-0.3, -0.25) is 9.59 Å². The SMILES string of the molecule is Cc1cc(F)ccc1NC(=O)c1cc[nH]c(=O)c1. The number of aromatic amines is 1. The number of rotatable bonds is 2. The van der Waals surface area contributed by atoms with Gasteiger partial charge in [-0.05, 0) is 36.8 Å². The number of anilines is 1. The quantitative estimate of drug-likeness (QED) is 0.852. The minimum atomic E-state index is -0.407. The van der Waals surface area contributed by atoms with E-state index in [2.05, 4.69) is 10.3 Å². The number of aryl methyl sites for hydroxylation is 1. The molecule has 1 aromatic heterocycles. The van der Waals surface area contributed by atoms with Crippen LogP contribution in [0.2, 0.25) is 0 Å². The Bertz CT molecular complexity index is 649. The lowest BCUT2D eigenvalue weighted by molar-refractivity contribution is 0.102. The average Bonchev–Trinajstić information content (AvgIpc) is 2.32. The maximum atomic E-state index is 12.9. The number of H-pyrrole nitrogens is 1. The summed E-state index contributed by atoms with van der Waals surface area (Å²) >= 11 is 0. The lowest BCUT2D eigenvalue weighted by Crippen LogP contribution is -2.16. The molecule has 5 heteroatoms. The molecule has 92 valence electrons. The van der Waals surface area contributed by atoms with Gasteiger partial charge < -0.3 is 10.3 Å². The summed E-state index contributed by atoms with van der Waals surface area (Å²) in [5.74, 6) is -0.766. The number of hydrogen-bond acceptors (Lipinski definition) is 2. The summed E-state index contributed by atoms with van der Waals surface area (Å²) in [6.07, 6.45) is 1.40. The van der Waals surface area contributed by atoms with Crippen LogP contribution in [0.3, 0.4) is 0 Å². The summed E-state index contributed by atoms with van der Waals surface area (Å²) in [5.41, 5.74) is 1.04. The van der Waals surface area contributed by atoms with E-state index in [4.69, 9.17) is 0 Å². The second kappa shape index (κ2) is 4.83. The monoisotopic (exact) mass is 246 g/mol. The van der Waals surface area contributed by atoms with Crippen LogP contribution >= 0.6 is 0 Å². The zero-order chi connectivity index (χ0) is 13.1. The molecule has 2 N–H and O–H groups in total. The van der Waals surface area contributed by atoms with Crippen LogP contribution in [-0.2, 0) is 0 Å². The van der Waals surface area contributed by atoms with Gasteiger partial charge in [-0.1, -0.05) is 0 Å². The van der Waals surface area contributed by atoms with Crippen molar-refractivity contribution in [2.75, 3.05) is 5.32 Å². The predicted octanol–water partition coefficient (Wildman–Crippen LogP) is 2.07. The second-order valence-corrected chi connectivity index (χ2v) is 3.85. The molecule has 0 atom stereocenters. The van der Waals surface area contributed by atoms with Crippen molar-refractivity contribution >= 4 is 11.6 Å². The van der Waals surface area contributed by atoms with E-state index in [0.717, 1.165) is 0 Å². The third-order valence-electron chi connectivity index (χ3n) is 2.47. The molecule has 1 amide bonds. The summed E-state index contributed by atoms with van der Waals surface area (Å²) < 4.78 is 12.9. The first-order valence-corrected chi connectivity index (χ1v) is 5.32. The number of hydrogen-bond donors (Lipinski definition) is 2. The number of nitrogens with one attached hydrogen (secondary N) is 2. The van der Waals surface area contributed by atoms with Crippen LogP contribution in [0.5, 0.6) is 0 Å². The van der Waals surface area contributed by atoms with Gasteiger partial charge in [0.05, 0.1) is 0 Å². The first kappa shape index (κ1) is 12.0. The molecule has 0 spiro atoms. The van der Waals surface area contributed by atoms with Gasteiger partial charge in [0.1, 0.15) is 5.82 Å². The zero-order valence-electron chi connectivity index (χ0n) is 9.66. The molecule has 0 bridgehead atoms. The van der Waals surface area contributed by atoms with Gasteiger partial charge in [-0.15, -0.1) is 0 Å². The molecule has 4 nitrogen and oxygen atoms in total. The standard InChI is InChI=1S/C13H11FN2O2/c1-8-6-10(14)2-3-11(8)16-13(18)9-4-5-15-12(17)7-9/h2-7H,1H3,(H,15,17)(H,16,18). The van der Waals surface area contributed by atoms with Crippen molar-refractivity contribution in [2.45, 2.75) is 6.92 Å². The fourth-order valence-electron chi connectivity index (χ4n) is 1.55. The van der Waals surface area contributed by atoms with E-state index in [-0.39, 0.29) is 16.9 Å². The molecule has 0 saturated heterocycles. The van der Waals surface area contributed by atoms with Crippen LogP contribution < -0.4 is 10.9 Å². The highest BCUT2D eigenvalue weighted by atomic mass is 19.1. The highest BCUT2D eigenvalue weighted by Crippen LogP contribution is 2.16. The summed E-state index contributed by atoms with van der Waals surface area (Å²) in [5, 5.41) is 2.62. The van der Waals surface area contributed by atoms with E-state index >= 15 is 0 Å². The smallest absolute Gasteiger partial charge is 0.255 e. The van der Waals surface area contributed by atoms with Gasteiger partial charge in [0, 0.05) is 23.5 Å². The Morgan fingerprint density at radius 2 is 2.06 bits per heavy atom. The Kier molecular flexibility index (Phi) is 3.23. The van der Waals surface area contributed by atoms with E-state index in [1.54, 1.807) is 6.92 Å². The second-order valence-electron chi connectivity index (χ2n) is 3.85. The first-order chi connectivity index (χ1) is 8.56. The summed E-state index contributed by atoms with van der Waals surface area (Å²) in [6, 6.07) is 6.77. The Labute approximate surface area is 102 Å². The molecule has 0 unspecified atom stereocenters. The fraction of sp³-hybridized carbons (Fsp3) is 0.0769. The minimum absolute atomic E-state index is 0.252. The van der Waals surface area contributed by atoms with E-state index in [0.29, 0.717) is 11.3 Å². The molecular weight excluding hydrogens is 235 g/mol. The van der Waals surface area contributed by atoms with Crippen molar-refractivity contribution in [1.82, 2.24) is 4.98 Å². The molecule has 0 radical (unpaired) electrons. The van der Waals surface area contributed by atoms with Crippen molar-refractivity contribution in [2.24, 2.45) is 0 Å². The van der Waals surface area contributed by atoms with Gasteiger partial charge in [0.2, 0.25) is 5.56 Å². The summed E-state index contributed by atoms with van der Waals surface area (Å²) in [4.78, 5) is 25.3. The van der Waals surface area contributed by atoms with Gasteiger partial charge in [-0.25, -0.2) is 4.39 Å². The first-order valence-electron chi connectivity index (χ1n) is 5.32. The van der Waals surface area contributed by atoms with Crippen LogP contribution in [0.4, 0.5) is 10.1 Å². The maximum Gasteiger partial charge on any atom is 0.255 e. The Morgan fingerprint density at radius 1 is 1.28 bits per heavy atom. The summed E-state index contributed by atoms with van der Waals surface area (Å²) in [7, 11) is 0. The number of carbonyl (C=O) groups excluding carboxylic acids is 1. The zero-order valence-corrected chi connectivity index (χ0v) is 9.66. The largest absolute Gasteiger partial charge is 0.329 e. The van der Waals surface area contributed by atoms with Crippen molar-refractivity contribution in [1.29, 1.82) is 0 Å². The average molecular weight is 246 g/mol. The third kappa shape index (κ3) is 2.63. The van der Waals surface area contributed by atoms with Crippen molar-refractivity contribution in [3.63, 3.8) is 0 Å². The molecular formula is C13H11FN2O2. The van der Waals surface area contributed by atoms with Crippen LogP contribution in [0, 0.1) is 12.7 Å². The van der Waals surface area contributed by atoms with Crippen LogP contribution in [-0.4, -0.2) is 10.9 Å². The van der Waals surface area contributed by atoms with E-state index in [9.17, 15) is 14.0 Å². The Balaban J connectivity index is 2.24. The normalized spacial score (nSPS) is 10.1. The Morgan fingerprint density at radius 3 is 2.72 bits per heavy atom. The fourth-order valence-corrected chi connectivity index (χ4v) is 1.55. The number of halogens is 1. The number of pyridine rings is 1. The van der Waals surface area contributed by atoms with E-state index in [1.807, 2.05) is 0 Å². The molecule has 2 aromatic rings. The molecule has 0 fully saturated rings. The molecule has 1 heterocycles. The van der Waals surface area contributed by atoms with E-state index in [1.165, 1.54) is 36.5 Å². The van der Waals surface area contributed by atoms with E-state index < -0.39 is 5.91 Å².